The number of carbonyl (C=O) groups is 2. The number of ether oxygens (including phenoxy) is 4. The van der Waals surface area contributed by atoms with E-state index in [9.17, 15) is 24.9 Å². The number of hydrogen-bond acceptors (Lipinski definition) is 15. The molecule has 5 aromatic rings. The fourth-order valence-electron chi connectivity index (χ4n) is 9.96. The molecule has 0 spiro atoms. The molecule has 0 aromatic heterocycles. The first-order valence-corrected chi connectivity index (χ1v) is 28.1. The van der Waals surface area contributed by atoms with Crippen LogP contribution in [-0.2, 0) is 16.0 Å². The first-order valence-electron chi connectivity index (χ1n) is 28.1. The summed E-state index contributed by atoms with van der Waals surface area (Å²) in [5.74, 6) is 3.29. The molecule has 16 nitrogen and oxygen atoms in total. The number of nitrogens with one attached hydrogen (secondary N) is 2. The second kappa shape index (κ2) is 33.0. The number of benzene rings is 5. The average molecular weight is 1090 g/mol. The lowest BCUT2D eigenvalue weighted by atomic mass is 9.98. The van der Waals surface area contributed by atoms with Crippen molar-refractivity contribution in [2.75, 3.05) is 144 Å². The van der Waals surface area contributed by atoms with Crippen molar-refractivity contribution >= 4 is 17.4 Å². The number of amides is 1. The van der Waals surface area contributed by atoms with Crippen molar-refractivity contribution < 1.29 is 43.9 Å². The van der Waals surface area contributed by atoms with Gasteiger partial charge in [0.05, 0.1) is 20.2 Å². The summed E-state index contributed by atoms with van der Waals surface area (Å²) in [6, 6.07) is 35.3. The first kappa shape index (κ1) is 62.3. The van der Waals surface area contributed by atoms with Crippen molar-refractivity contribution in [2.45, 2.75) is 66.3 Å². The Kier molecular flexibility index (Phi) is 26.0. The van der Waals surface area contributed by atoms with Crippen LogP contribution in [0.4, 0.5) is 5.69 Å². The molecule has 3 fully saturated rings. The number of carbonyl (C=O) groups excluding carboxylic acids is 2. The van der Waals surface area contributed by atoms with E-state index in [0.29, 0.717) is 63.9 Å². The molecule has 79 heavy (non-hydrogen) atoms. The Balaban J connectivity index is 0.000000197. The largest absolute Gasteiger partial charge is 0.493 e. The minimum absolute atomic E-state index is 0.0203. The second-order valence-electron chi connectivity index (χ2n) is 21.2. The highest BCUT2D eigenvalue weighted by Crippen LogP contribution is 2.26. The minimum Gasteiger partial charge on any atom is -0.493 e. The third kappa shape index (κ3) is 21.6. The first-order chi connectivity index (χ1) is 38.1. The van der Waals surface area contributed by atoms with Crippen molar-refractivity contribution in [1.82, 2.24) is 29.8 Å². The zero-order valence-electron chi connectivity index (χ0n) is 48.0. The number of aryl methyl sites for hydroxylation is 6. The van der Waals surface area contributed by atoms with Crippen molar-refractivity contribution in [1.29, 1.82) is 0 Å². The Labute approximate surface area is 470 Å². The summed E-state index contributed by atoms with van der Waals surface area (Å²) in [6.45, 7) is 26.4. The van der Waals surface area contributed by atoms with Crippen LogP contribution in [0.5, 0.6) is 23.0 Å². The van der Waals surface area contributed by atoms with Crippen LogP contribution in [0.3, 0.4) is 0 Å². The highest BCUT2D eigenvalue weighted by molar-refractivity contribution is 5.93. The number of ketones is 1. The summed E-state index contributed by atoms with van der Waals surface area (Å²) in [5.41, 5.74) is 8.74. The summed E-state index contributed by atoms with van der Waals surface area (Å²) < 4.78 is 22.3. The monoisotopic (exact) mass is 1090 g/mol. The van der Waals surface area contributed by atoms with Crippen LogP contribution in [-0.4, -0.2) is 208 Å². The SMILES string of the molecule is COc1ccccc1OCC(O)CN1CCNCC1.Cc1cccc(C)c1CC(=O)CN1CCN(CC(=O)Nc2c(C)cccc2C)CC1.Cc1ccccc1OCC(O)CN1CCN(CC(O)COc2ccccc2C)CC1. The Morgan fingerprint density at radius 1 is 0.468 bits per heavy atom. The summed E-state index contributed by atoms with van der Waals surface area (Å²) in [7, 11) is 1.61. The van der Waals surface area contributed by atoms with Crippen molar-refractivity contribution in [3.8, 4) is 23.0 Å². The fraction of sp³-hybridized carbons (Fsp3) is 0.492. The third-order valence-corrected chi connectivity index (χ3v) is 14.6. The number of Topliss-reactive ketones (excluding diaryl/α,β-unsaturated/α-hetero) is 1. The van der Waals surface area contributed by atoms with Gasteiger partial charge >= 0.3 is 0 Å². The molecule has 3 heterocycles. The van der Waals surface area contributed by atoms with E-state index >= 15 is 0 Å². The molecule has 1 amide bonds. The number of β-amino-alcohol motifs (C(OH)–C–C–N with tert-alkyl or cyclic N) is 3. The lowest BCUT2D eigenvalue weighted by Gasteiger charge is -2.36. The van der Waals surface area contributed by atoms with Gasteiger partial charge in [-0.15, -0.1) is 0 Å². The Morgan fingerprint density at radius 2 is 0.835 bits per heavy atom. The van der Waals surface area contributed by atoms with E-state index < -0.39 is 18.3 Å². The quantitative estimate of drug-likeness (QED) is 0.0537. The van der Waals surface area contributed by atoms with Gasteiger partial charge in [-0.05, 0) is 105 Å². The lowest BCUT2D eigenvalue weighted by Crippen LogP contribution is -2.51. The van der Waals surface area contributed by atoms with E-state index in [0.717, 1.165) is 124 Å². The predicted octanol–water partition coefficient (Wildman–Crippen LogP) is 5.73. The molecule has 3 aliphatic rings. The topological polar surface area (TPSA) is 172 Å². The number of hydrogen-bond donors (Lipinski definition) is 5. The number of anilines is 1. The highest BCUT2D eigenvalue weighted by atomic mass is 16.5. The van der Waals surface area contributed by atoms with Crippen LogP contribution in [0, 0.1) is 41.5 Å². The van der Waals surface area contributed by atoms with Crippen molar-refractivity contribution in [3.63, 3.8) is 0 Å². The molecule has 3 atom stereocenters. The molecule has 3 aliphatic heterocycles. The Bertz CT molecular complexity index is 2430. The van der Waals surface area contributed by atoms with Gasteiger partial charge in [-0.25, -0.2) is 0 Å². The highest BCUT2D eigenvalue weighted by Gasteiger charge is 2.24. The van der Waals surface area contributed by atoms with E-state index in [2.05, 4.69) is 61.1 Å². The molecular weight excluding hydrogens is 999 g/mol. The molecule has 430 valence electrons. The van der Waals surface area contributed by atoms with Gasteiger partial charge in [0.2, 0.25) is 5.91 Å². The molecule has 0 bridgehead atoms. The van der Waals surface area contributed by atoms with E-state index in [-0.39, 0.29) is 18.3 Å². The van der Waals surface area contributed by atoms with Gasteiger partial charge < -0.3 is 44.9 Å². The molecule has 0 saturated carbocycles. The molecule has 16 heteroatoms. The Morgan fingerprint density at radius 3 is 1.29 bits per heavy atom. The lowest BCUT2D eigenvalue weighted by molar-refractivity contribution is -0.121. The van der Waals surface area contributed by atoms with E-state index in [1.54, 1.807) is 7.11 Å². The van der Waals surface area contributed by atoms with Gasteiger partial charge in [0.1, 0.15) is 49.6 Å². The standard InChI is InChI=1S/C25H33N3O2.C24H34N2O4.C14H22N2O3/c1-18-7-5-8-19(2)23(18)15-22(29)16-27-11-13-28(14-12-27)17-24(30)26-25-20(3)9-6-10-21(25)4;1-19-7-3-5-9-23(19)29-17-21(27)15-25-11-13-26(14-12-25)16-22(28)18-30-24-10-6-4-8-20(24)2;1-18-13-4-2-3-5-14(13)19-11-12(17)10-16-8-6-15-7-9-16/h5-10H,11-17H2,1-4H3,(H,26,30);3-10,21-22,27-28H,11-18H2,1-2H3;2-5,12,15,17H,6-11H2,1H3. The minimum atomic E-state index is -0.524. The van der Waals surface area contributed by atoms with Crippen molar-refractivity contribution in [2.24, 2.45) is 0 Å². The van der Waals surface area contributed by atoms with E-state index in [1.807, 2.05) is 125 Å². The van der Waals surface area contributed by atoms with Gasteiger partial charge in [-0.2, -0.15) is 0 Å². The van der Waals surface area contributed by atoms with E-state index in [1.165, 1.54) is 11.1 Å². The maximum absolute atomic E-state index is 12.6. The smallest absolute Gasteiger partial charge is 0.238 e. The number of methoxy groups -OCH3 is 1. The van der Waals surface area contributed by atoms with Gasteiger partial charge in [-0.1, -0.05) is 84.9 Å². The molecule has 5 aromatic carbocycles. The number of aliphatic hydroxyl groups is 3. The normalized spacial score (nSPS) is 16.7. The molecule has 3 unspecified atom stereocenters. The molecule has 0 radical (unpaired) electrons. The number of para-hydroxylation sites is 5. The number of rotatable bonds is 23. The third-order valence-electron chi connectivity index (χ3n) is 14.6. The van der Waals surface area contributed by atoms with Crippen LogP contribution in [0.2, 0.25) is 0 Å². The summed E-state index contributed by atoms with van der Waals surface area (Å²) in [4.78, 5) is 36.2. The van der Waals surface area contributed by atoms with Gasteiger partial charge in [0.25, 0.3) is 0 Å². The van der Waals surface area contributed by atoms with Crippen LogP contribution >= 0.6 is 0 Å². The predicted molar refractivity (Wildman–Crippen MR) is 314 cm³/mol. The maximum Gasteiger partial charge on any atom is 0.238 e. The molecule has 5 N–H and O–H groups in total. The molecule has 8 rings (SSSR count). The van der Waals surface area contributed by atoms with Gasteiger partial charge in [0.15, 0.2) is 17.3 Å². The molecular formula is C63H89N7O9. The zero-order valence-corrected chi connectivity index (χ0v) is 48.0. The molecule has 0 aliphatic carbocycles. The van der Waals surface area contributed by atoms with Gasteiger partial charge in [0, 0.05) is 110 Å². The van der Waals surface area contributed by atoms with Crippen LogP contribution < -0.4 is 29.6 Å². The van der Waals surface area contributed by atoms with Crippen LogP contribution in [0.1, 0.15) is 38.9 Å². The number of aliphatic hydroxyl groups excluding tert-OH is 3. The van der Waals surface area contributed by atoms with Crippen LogP contribution in [0.25, 0.3) is 0 Å². The van der Waals surface area contributed by atoms with Crippen LogP contribution in [0.15, 0.2) is 109 Å². The maximum atomic E-state index is 12.6. The summed E-state index contributed by atoms with van der Waals surface area (Å²) in [5, 5.41) is 37.0. The fourth-order valence-corrected chi connectivity index (χ4v) is 9.96. The summed E-state index contributed by atoms with van der Waals surface area (Å²) in [6.07, 6.45) is -1.03. The Hall–Kier alpha value is -5.92. The van der Waals surface area contributed by atoms with E-state index in [4.69, 9.17) is 18.9 Å². The zero-order chi connectivity index (χ0) is 56.5. The van der Waals surface area contributed by atoms with Crippen molar-refractivity contribution in [3.05, 3.63) is 148 Å². The van der Waals surface area contributed by atoms with Gasteiger partial charge in [-0.3, -0.25) is 34.1 Å². The summed E-state index contributed by atoms with van der Waals surface area (Å²) >= 11 is 0. The number of piperazine rings is 3. The molecule has 3 saturated heterocycles. The number of nitrogens with zero attached hydrogens (tertiary/aromatic N) is 5. The average Bonchev–Trinajstić information content (AvgIpc) is 3.44. The second-order valence-corrected chi connectivity index (χ2v) is 21.2.